The van der Waals surface area contributed by atoms with E-state index >= 15 is 0 Å². The van der Waals surface area contributed by atoms with Crippen LogP contribution in [0.4, 0.5) is 5.69 Å². The van der Waals surface area contributed by atoms with Gasteiger partial charge in [0.1, 0.15) is 5.75 Å². The number of hydrogen-bond acceptors (Lipinski definition) is 5. The summed E-state index contributed by atoms with van der Waals surface area (Å²) in [5.74, 6) is 1.40. The molecule has 0 saturated carbocycles. The van der Waals surface area contributed by atoms with Crippen molar-refractivity contribution in [3.8, 4) is 11.8 Å². The Morgan fingerprint density at radius 2 is 1.89 bits per heavy atom. The second kappa shape index (κ2) is 7.37. The van der Waals surface area contributed by atoms with Gasteiger partial charge in [-0.25, -0.2) is 0 Å². The van der Waals surface area contributed by atoms with Crippen LogP contribution in [0.15, 0.2) is 65.2 Å². The number of amides is 1. The molecule has 0 bridgehead atoms. The first-order valence-corrected chi connectivity index (χ1v) is 9.71. The van der Waals surface area contributed by atoms with Gasteiger partial charge in [0.05, 0.1) is 36.3 Å². The minimum Gasteiger partial charge on any atom is -0.497 e. The lowest BCUT2D eigenvalue weighted by Crippen LogP contribution is -2.47. The van der Waals surface area contributed by atoms with Crippen molar-refractivity contribution in [3.05, 3.63) is 70.8 Å². The molecule has 2 aromatic carbocycles. The van der Waals surface area contributed by atoms with Gasteiger partial charge in [0.15, 0.2) is 0 Å². The van der Waals surface area contributed by atoms with Crippen LogP contribution in [-0.2, 0) is 4.79 Å². The number of allylic oxidation sites excluding steroid dienone is 1. The molecule has 4 rings (SSSR count). The highest BCUT2D eigenvalue weighted by atomic mass is 32.2. The lowest BCUT2D eigenvalue weighted by molar-refractivity contribution is -0.129. The van der Waals surface area contributed by atoms with Crippen LogP contribution in [-0.4, -0.2) is 30.5 Å². The number of carbonyl (C=O) groups is 1. The van der Waals surface area contributed by atoms with E-state index in [2.05, 4.69) is 11.0 Å². The molecule has 6 heteroatoms. The maximum absolute atomic E-state index is 12.9. The third-order valence-electron chi connectivity index (χ3n) is 4.93. The van der Waals surface area contributed by atoms with Gasteiger partial charge in [-0.1, -0.05) is 42.1 Å². The molecule has 5 nitrogen and oxygen atoms in total. The molecular formula is C21H19N3O2S. The van der Waals surface area contributed by atoms with Crippen molar-refractivity contribution in [3.63, 3.8) is 0 Å². The number of nitriles is 1. The molecular weight excluding hydrogens is 358 g/mol. The largest absolute Gasteiger partial charge is 0.497 e. The van der Waals surface area contributed by atoms with Gasteiger partial charge in [-0.3, -0.25) is 9.69 Å². The van der Waals surface area contributed by atoms with Crippen LogP contribution in [0.2, 0.25) is 0 Å². The van der Waals surface area contributed by atoms with Crippen LogP contribution in [0.3, 0.4) is 0 Å². The number of benzene rings is 2. The number of hydrogen-bond donors (Lipinski definition) is 0. The molecule has 0 spiro atoms. The lowest BCUT2D eigenvalue weighted by Gasteiger charge is -2.42. The molecule has 0 unspecified atom stereocenters. The Balaban J connectivity index is 1.63. The zero-order chi connectivity index (χ0) is 18.8. The first kappa shape index (κ1) is 17.5. The Labute approximate surface area is 162 Å². The number of rotatable bonds is 3. The fraction of sp³-hybridized carbons (Fsp3) is 0.238. The van der Waals surface area contributed by atoms with E-state index in [9.17, 15) is 10.1 Å². The van der Waals surface area contributed by atoms with E-state index in [-0.39, 0.29) is 11.8 Å². The van der Waals surface area contributed by atoms with Gasteiger partial charge in [0.2, 0.25) is 5.91 Å². The van der Waals surface area contributed by atoms with Crippen molar-refractivity contribution < 1.29 is 9.53 Å². The van der Waals surface area contributed by atoms with E-state index in [4.69, 9.17) is 4.74 Å². The van der Waals surface area contributed by atoms with Crippen LogP contribution in [0, 0.1) is 11.3 Å². The minimum absolute atomic E-state index is 0.0589. The van der Waals surface area contributed by atoms with E-state index in [0.717, 1.165) is 22.0 Å². The third-order valence-corrected chi connectivity index (χ3v) is 6.09. The topological polar surface area (TPSA) is 56.6 Å². The van der Waals surface area contributed by atoms with E-state index < -0.39 is 0 Å². The van der Waals surface area contributed by atoms with Crippen LogP contribution in [0.25, 0.3) is 0 Å². The Morgan fingerprint density at radius 1 is 1.15 bits per heavy atom. The summed E-state index contributed by atoms with van der Waals surface area (Å²) >= 11 is 1.55. The molecule has 2 aliphatic rings. The van der Waals surface area contributed by atoms with Crippen molar-refractivity contribution >= 4 is 23.4 Å². The first-order valence-electron chi connectivity index (χ1n) is 8.72. The first-order chi connectivity index (χ1) is 13.2. The molecule has 1 amide bonds. The molecule has 0 aliphatic carbocycles. The molecule has 0 N–H and O–H groups in total. The third kappa shape index (κ3) is 3.26. The number of anilines is 1. The summed E-state index contributed by atoms with van der Waals surface area (Å²) in [6, 6.07) is 20.0. The number of carbonyl (C=O) groups excluding carboxylic acids is 1. The highest BCUT2D eigenvalue weighted by Crippen LogP contribution is 2.43. The number of thioether (sulfide) groups is 1. The fourth-order valence-electron chi connectivity index (χ4n) is 3.49. The second-order valence-corrected chi connectivity index (χ2v) is 7.41. The second-order valence-electron chi connectivity index (χ2n) is 6.47. The Hall–Kier alpha value is -2.91. The van der Waals surface area contributed by atoms with E-state index in [0.29, 0.717) is 24.5 Å². The van der Waals surface area contributed by atoms with Crippen LogP contribution < -0.4 is 9.64 Å². The summed E-state index contributed by atoms with van der Waals surface area (Å²) in [6.45, 7) is 0.459. The maximum atomic E-state index is 12.9. The summed E-state index contributed by atoms with van der Waals surface area (Å²) in [4.78, 5) is 16.7. The van der Waals surface area contributed by atoms with Gasteiger partial charge in [-0.2, -0.15) is 5.26 Å². The van der Waals surface area contributed by atoms with Crippen molar-refractivity contribution in [2.45, 2.75) is 12.3 Å². The molecule has 0 radical (unpaired) electrons. The zero-order valence-electron chi connectivity index (χ0n) is 15.0. The smallest absolute Gasteiger partial charge is 0.229 e. The molecule has 1 atom stereocenters. The highest BCUT2D eigenvalue weighted by Gasteiger charge is 2.38. The Morgan fingerprint density at radius 3 is 2.56 bits per heavy atom. The summed E-state index contributed by atoms with van der Waals surface area (Å²) in [7, 11) is 1.64. The molecule has 0 aromatic heterocycles. The quantitative estimate of drug-likeness (QED) is 0.812. The lowest BCUT2D eigenvalue weighted by atomic mass is 9.86. The molecule has 2 aliphatic heterocycles. The predicted molar refractivity (Wildman–Crippen MR) is 106 cm³/mol. The van der Waals surface area contributed by atoms with Crippen LogP contribution in [0.1, 0.15) is 17.9 Å². The van der Waals surface area contributed by atoms with Crippen LogP contribution >= 0.6 is 11.8 Å². The van der Waals surface area contributed by atoms with Crippen LogP contribution in [0.5, 0.6) is 5.75 Å². The normalized spacial score (nSPS) is 19.6. The van der Waals surface area contributed by atoms with Crippen molar-refractivity contribution in [2.24, 2.45) is 0 Å². The summed E-state index contributed by atoms with van der Waals surface area (Å²) in [5, 5.41) is 10.6. The number of nitrogens with zero attached hydrogens (tertiary/aromatic N) is 3. The van der Waals surface area contributed by atoms with E-state index in [1.165, 1.54) is 0 Å². The fourth-order valence-corrected chi connectivity index (χ4v) is 4.66. The van der Waals surface area contributed by atoms with Crippen molar-refractivity contribution in [1.82, 2.24) is 4.90 Å². The van der Waals surface area contributed by atoms with Gasteiger partial charge < -0.3 is 9.64 Å². The molecule has 1 saturated heterocycles. The molecule has 2 heterocycles. The summed E-state index contributed by atoms with van der Waals surface area (Å²) < 4.78 is 5.21. The maximum Gasteiger partial charge on any atom is 0.229 e. The average molecular weight is 377 g/mol. The van der Waals surface area contributed by atoms with Gasteiger partial charge in [0, 0.05) is 18.0 Å². The Kier molecular flexibility index (Phi) is 4.78. The van der Waals surface area contributed by atoms with Crippen molar-refractivity contribution in [1.29, 1.82) is 5.26 Å². The van der Waals surface area contributed by atoms with Gasteiger partial charge in [-0.05, 0) is 29.8 Å². The highest BCUT2D eigenvalue weighted by molar-refractivity contribution is 8.03. The minimum atomic E-state index is -0.157. The van der Waals surface area contributed by atoms with Crippen molar-refractivity contribution in [2.75, 3.05) is 24.6 Å². The number of ether oxygens (including phenoxy) is 1. The number of fused-ring (bicyclic) bond motifs is 1. The summed E-state index contributed by atoms with van der Waals surface area (Å²) in [5.41, 5.74) is 2.74. The molecule has 136 valence electrons. The predicted octanol–water partition coefficient (Wildman–Crippen LogP) is 3.91. The molecule has 1 fully saturated rings. The molecule has 27 heavy (non-hydrogen) atoms. The zero-order valence-corrected chi connectivity index (χ0v) is 15.8. The molecule has 2 aromatic rings. The van der Waals surface area contributed by atoms with Gasteiger partial charge >= 0.3 is 0 Å². The Bertz CT molecular complexity index is 919. The number of methoxy groups -OCH3 is 1. The summed E-state index contributed by atoms with van der Waals surface area (Å²) in [6.07, 6.45) is 0.327. The SMILES string of the molecule is COc1ccc(N2CSC3=C(C#N)[C@@H](c4ccccc4)CC(=O)N3C2)cc1. The monoisotopic (exact) mass is 377 g/mol. The average Bonchev–Trinajstić information content (AvgIpc) is 2.74. The van der Waals surface area contributed by atoms with Gasteiger partial charge in [0.25, 0.3) is 0 Å². The standard InChI is InChI=1S/C21H19N3O2S/c1-26-17-9-7-16(8-10-17)23-13-24-20(25)11-18(15-5-3-2-4-6-15)19(12-22)21(24)27-14-23/h2-10,18H,11,13-14H2,1H3/t18-/m1/s1. The van der Waals surface area contributed by atoms with E-state index in [1.807, 2.05) is 54.6 Å². The van der Waals surface area contributed by atoms with Gasteiger partial charge in [-0.15, -0.1) is 0 Å². The van der Waals surface area contributed by atoms with E-state index in [1.54, 1.807) is 23.8 Å².